The lowest BCUT2D eigenvalue weighted by atomic mass is 10.1. The highest BCUT2D eigenvalue weighted by Crippen LogP contribution is 2.26. The Kier molecular flexibility index (Phi) is 5.20. The Labute approximate surface area is 126 Å². The van der Waals surface area contributed by atoms with Crippen molar-refractivity contribution < 1.29 is 9.13 Å². The summed E-state index contributed by atoms with van der Waals surface area (Å²) in [6.07, 6.45) is 0.958. The van der Waals surface area contributed by atoms with E-state index in [0.29, 0.717) is 18.7 Å². The maximum atomic E-state index is 13.8. The van der Waals surface area contributed by atoms with E-state index in [0.717, 1.165) is 29.0 Å². The van der Waals surface area contributed by atoms with Gasteiger partial charge in [-0.3, -0.25) is 0 Å². The predicted octanol–water partition coefficient (Wildman–Crippen LogP) is 4.84. The molecule has 0 aliphatic carbocycles. The number of rotatable bonds is 6. The highest BCUT2D eigenvalue weighted by atomic mass is 19.1. The van der Waals surface area contributed by atoms with E-state index in [-0.39, 0.29) is 5.82 Å². The van der Waals surface area contributed by atoms with Crippen LogP contribution in [-0.2, 0) is 6.54 Å². The summed E-state index contributed by atoms with van der Waals surface area (Å²) in [6.45, 7) is 7.19. The molecule has 2 rings (SSSR count). The zero-order valence-electron chi connectivity index (χ0n) is 12.9. The molecule has 0 spiro atoms. The van der Waals surface area contributed by atoms with Crippen LogP contribution in [0, 0.1) is 19.7 Å². The third-order valence-corrected chi connectivity index (χ3v) is 3.27. The molecular formula is C18H22FNO. The lowest BCUT2D eigenvalue weighted by molar-refractivity contribution is 0.318. The average Bonchev–Trinajstić information content (AvgIpc) is 2.47. The van der Waals surface area contributed by atoms with Crippen LogP contribution < -0.4 is 10.1 Å². The van der Waals surface area contributed by atoms with Crippen molar-refractivity contribution in [2.45, 2.75) is 33.7 Å². The van der Waals surface area contributed by atoms with E-state index < -0.39 is 0 Å². The van der Waals surface area contributed by atoms with Crippen molar-refractivity contribution in [2.75, 3.05) is 11.9 Å². The normalized spacial score (nSPS) is 10.5. The Morgan fingerprint density at radius 1 is 1.05 bits per heavy atom. The van der Waals surface area contributed by atoms with Crippen LogP contribution in [0.25, 0.3) is 0 Å². The van der Waals surface area contributed by atoms with Gasteiger partial charge in [0.2, 0.25) is 0 Å². The van der Waals surface area contributed by atoms with Gasteiger partial charge in [0.15, 0.2) is 0 Å². The van der Waals surface area contributed by atoms with E-state index in [9.17, 15) is 4.39 Å². The Hall–Kier alpha value is -2.03. The summed E-state index contributed by atoms with van der Waals surface area (Å²) in [5.41, 5.74) is 3.76. The van der Waals surface area contributed by atoms with Gasteiger partial charge in [-0.15, -0.1) is 0 Å². The number of ether oxygens (including phenoxy) is 1. The van der Waals surface area contributed by atoms with Gasteiger partial charge in [-0.05, 0) is 44.0 Å². The molecule has 0 atom stereocenters. The molecule has 0 aromatic heterocycles. The van der Waals surface area contributed by atoms with E-state index >= 15 is 0 Å². The number of hydrogen-bond acceptors (Lipinski definition) is 2. The first-order chi connectivity index (χ1) is 10.1. The van der Waals surface area contributed by atoms with E-state index in [1.54, 1.807) is 6.07 Å². The third-order valence-electron chi connectivity index (χ3n) is 3.27. The van der Waals surface area contributed by atoms with Crippen molar-refractivity contribution >= 4 is 5.69 Å². The van der Waals surface area contributed by atoms with Gasteiger partial charge < -0.3 is 10.1 Å². The van der Waals surface area contributed by atoms with Gasteiger partial charge >= 0.3 is 0 Å². The average molecular weight is 287 g/mol. The van der Waals surface area contributed by atoms with Gasteiger partial charge in [0.25, 0.3) is 0 Å². The van der Waals surface area contributed by atoms with Crippen molar-refractivity contribution in [1.82, 2.24) is 0 Å². The van der Waals surface area contributed by atoms with Crippen LogP contribution in [0.3, 0.4) is 0 Å². The van der Waals surface area contributed by atoms with Gasteiger partial charge in [0, 0.05) is 12.1 Å². The summed E-state index contributed by atoms with van der Waals surface area (Å²) in [5, 5.41) is 3.27. The summed E-state index contributed by atoms with van der Waals surface area (Å²) in [4.78, 5) is 0. The quantitative estimate of drug-likeness (QED) is 0.820. The lowest BCUT2D eigenvalue weighted by Crippen LogP contribution is -2.05. The number of benzene rings is 2. The number of halogens is 1. The molecule has 0 saturated carbocycles. The van der Waals surface area contributed by atoms with Gasteiger partial charge in [-0.2, -0.15) is 0 Å². The number of hydrogen-bond donors (Lipinski definition) is 1. The minimum absolute atomic E-state index is 0.184. The van der Waals surface area contributed by atoms with E-state index in [4.69, 9.17) is 4.74 Å². The molecule has 0 unspecified atom stereocenters. The molecule has 0 bridgehead atoms. The largest absolute Gasteiger partial charge is 0.491 e. The van der Waals surface area contributed by atoms with Crippen LogP contribution in [0.2, 0.25) is 0 Å². The third kappa shape index (κ3) is 4.22. The smallest absolute Gasteiger partial charge is 0.142 e. The Morgan fingerprint density at radius 2 is 1.76 bits per heavy atom. The van der Waals surface area contributed by atoms with Crippen LogP contribution in [0.1, 0.15) is 30.0 Å². The van der Waals surface area contributed by atoms with Gasteiger partial charge in [-0.25, -0.2) is 4.39 Å². The van der Waals surface area contributed by atoms with Crippen LogP contribution in [0.5, 0.6) is 5.75 Å². The van der Waals surface area contributed by atoms with Crippen molar-refractivity contribution in [2.24, 2.45) is 0 Å². The first-order valence-electron chi connectivity index (χ1n) is 7.32. The Balaban J connectivity index is 2.13. The Morgan fingerprint density at radius 3 is 2.52 bits per heavy atom. The first-order valence-corrected chi connectivity index (χ1v) is 7.32. The summed E-state index contributed by atoms with van der Waals surface area (Å²) in [6, 6.07) is 11.2. The Bertz CT molecular complexity index is 610. The van der Waals surface area contributed by atoms with Crippen LogP contribution >= 0.6 is 0 Å². The molecule has 2 aromatic rings. The van der Waals surface area contributed by atoms with E-state index in [2.05, 4.69) is 12.2 Å². The topological polar surface area (TPSA) is 21.3 Å². The number of aryl methyl sites for hydroxylation is 2. The monoisotopic (exact) mass is 287 g/mol. The van der Waals surface area contributed by atoms with Crippen LogP contribution in [0.15, 0.2) is 36.4 Å². The maximum Gasteiger partial charge on any atom is 0.142 e. The molecule has 0 radical (unpaired) electrons. The zero-order chi connectivity index (χ0) is 15.2. The standard InChI is InChI=1S/C18H22FNO/c1-4-9-21-18-11-14(3)6-8-17(18)20-12-15-10-13(2)5-7-16(15)19/h5-8,10-11,20H,4,9,12H2,1-3H3. The molecule has 2 aromatic carbocycles. The summed E-state index contributed by atoms with van der Waals surface area (Å²) < 4.78 is 19.5. The summed E-state index contributed by atoms with van der Waals surface area (Å²) in [7, 11) is 0. The van der Waals surface area contributed by atoms with Gasteiger partial charge in [0.1, 0.15) is 11.6 Å². The highest BCUT2D eigenvalue weighted by molar-refractivity contribution is 5.58. The molecule has 0 saturated heterocycles. The van der Waals surface area contributed by atoms with Crippen molar-refractivity contribution in [3.8, 4) is 5.75 Å². The number of anilines is 1. The minimum Gasteiger partial charge on any atom is -0.491 e. The van der Waals surface area contributed by atoms with Crippen LogP contribution in [0.4, 0.5) is 10.1 Å². The summed E-state index contributed by atoms with van der Waals surface area (Å²) >= 11 is 0. The molecule has 0 heterocycles. The second-order valence-electron chi connectivity index (χ2n) is 5.30. The van der Waals surface area contributed by atoms with Crippen molar-refractivity contribution in [3.05, 3.63) is 58.9 Å². The fraction of sp³-hybridized carbons (Fsp3) is 0.333. The maximum absolute atomic E-state index is 13.8. The predicted molar refractivity (Wildman–Crippen MR) is 85.4 cm³/mol. The van der Waals surface area contributed by atoms with E-state index in [1.807, 2.05) is 38.1 Å². The zero-order valence-corrected chi connectivity index (χ0v) is 12.9. The highest BCUT2D eigenvalue weighted by Gasteiger charge is 2.06. The fourth-order valence-electron chi connectivity index (χ4n) is 2.14. The second-order valence-corrected chi connectivity index (χ2v) is 5.30. The van der Waals surface area contributed by atoms with Crippen molar-refractivity contribution in [3.63, 3.8) is 0 Å². The molecule has 2 nitrogen and oxygen atoms in total. The van der Waals surface area contributed by atoms with Gasteiger partial charge in [0.05, 0.1) is 12.3 Å². The van der Waals surface area contributed by atoms with Gasteiger partial charge in [-0.1, -0.05) is 30.7 Å². The fourth-order valence-corrected chi connectivity index (χ4v) is 2.14. The molecule has 1 N–H and O–H groups in total. The first kappa shape index (κ1) is 15.4. The van der Waals surface area contributed by atoms with Crippen LogP contribution in [-0.4, -0.2) is 6.61 Å². The minimum atomic E-state index is -0.184. The molecule has 3 heteroatoms. The second kappa shape index (κ2) is 7.11. The van der Waals surface area contributed by atoms with E-state index in [1.165, 1.54) is 6.07 Å². The summed E-state index contributed by atoms with van der Waals surface area (Å²) in [5.74, 6) is 0.640. The SMILES string of the molecule is CCCOc1cc(C)ccc1NCc1cc(C)ccc1F. The molecule has 0 fully saturated rings. The number of nitrogens with one attached hydrogen (secondary N) is 1. The molecular weight excluding hydrogens is 265 g/mol. The van der Waals surface area contributed by atoms with Crippen molar-refractivity contribution in [1.29, 1.82) is 0 Å². The molecule has 112 valence electrons. The molecule has 0 amide bonds. The molecule has 21 heavy (non-hydrogen) atoms. The lowest BCUT2D eigenvalue weighted by Gasteiger charge is -2.14. The molecule has 0 aliphatic rings. The molecule has 0 aliphatic heterocycles.